The van der Waals surface area contributed by atoms with Crippen LogP contribution in [0.1, 0.15) is 40.0 Å². The molecule has 0 aromatic heterocycles. The summed E-state index contributed by atoms with van der Waals surface area (Å²) in [6, 6.07) is -0.295. The van der Waals surface area contributed by atoms with Crippen LogP contribution in [-0.2, 0) is 9.59 Å². The van der Waals surface area contributed by atoms with E-state index in [1.54, 1.807) is 0 Å². The monoisotopic (exact) mass is 330 g/mol. The van der Waals surface area contributed by atoms with Crippen molar-refractivity contribution in [2.75, 3.05) is 23.8 Å². The van der Waals surface area contributed by atoms with Crippen molar-refractivity contribution >= 4 is 35.3 Å². The highest BCUT2D eigenvalue weighted by molar-refractivity contribution is 8.06. The van der Waals surface area contributed by atoms with Crippen LogP contribution < -0.4 is 5.32 Å². The summed E-state index contributed by atoms with van der Waals surface area (Å²) >= 11 is 3.90. The lowest BCUT2D eigenvalue weighted by atomic mass is 9.86. The summed E-state index contributed by atoms with van der Waals surface area (Å²) in [5.74, 6) is 3.57. The van der Waals surface area contributed by atoms with E-state index in [1.807, 2.05) is 49.2 Å². The average Bonchev–Trinajstić information content (AvgIpc) is 2.52. The molecule has 4 nitrogen and oxygen atoms in total. The molecule has 0 bridgehead atoms. The van der Waals surface area contributed by atoms with E-state index in [0.29, 0.717) is 31.1 Å². The summed E-state index contributed by atoms with van der Waals surface area (Å²) in [5.41, 5.74) is -0.685. The van der Waals surface area contributed by atoms with Gasteiger partial charge in [-0.2, -0.15) is 23.5 Å². The Morgan fingerprint density at radius 2 is 1.95 bits per heavy atom. The van der Waals surface area contributed by atoms with Gasteiger partial charge in [-0.1, -0.05) is 20.8 Å². The minimum atomic E-state index is -0.685. The summed E-state index contributed by atoms with van der Waals surface area (Å²) < 4.78 is 0. The van der Waals surface area contributed by atoms with Crippen LogP contribution in [0.4, 0.5) is 0 Å². The molecule has 1 N–H and O–H groups in total. The van der Waals surface area contributed by atoms with Crippen LogP contribution in [0.15, 0.2) is 0 Å². The maximum absolute atomic E-state index is 13.0. The molecular formula is C15H26N2O2S2. The second-order valence-electron chi connectivity index (χ2n) is 5.73. The third-order valence-electron chi connectivity index (χ3n) is 4.59. The van der Waals surface area contributed by atoms with Crippen LogP contribution in [0, 0.1) is 0 Å². The molecule has 2 rings (SSSR count). The first-order valence-electron chi connectivity index (χ1n) is 7.90. The van der Waals surface area contributed by atoms with Gasteiger partial charge in [0.05, 0.1) is 0 Å². The summed E-state index contributed by atoms with van der Waals surface area (Å²) in [5, 5.41) is 3.46. The van der Waals surface area contributed by atoms with E-state index in [4.69, 9.17) is 0 Å². The fourth-order valence-corrected chi connectivity index (χ4v) is 5.80. The number of amides is 2. The SMILES string of the molecule is CCC1C(=O)NC(CC)(CC)C(=O)N1CC1CSCCS1. The van der Waals surface area contributed by atoms with Crippen LogP contribution in [0.3, 0.4) is 0 Å². The number of nitrogens with zero attached hydrogens (tertiary/aromatic N) is 1. The van der Waals surface area contributed by atoms with Crippen LogP contribution in [-0.4, -0.2) is 57.3 Å². The molecule has 0 radical (unpaired) electrons. The molecule has 0 aliphatic carbocycles. The van der Waals surface area contributed by atoms with Crippen molar-refractivity contribution in [2.45, 2.75) is 56.9 Å². The first-order chi connectivity index (χ1) is 10.1. The third-order valence-corrected chi connectivity index (χ3v) is 7.42. The summed E-state index contributed by atoms with van der Waals surface area (Å²) in [7, 11) is 0. The molecule has 2 amide bonds. The zero-order chi connectivity index (χ0) is 15.5. The molecule has 2 unspecified atom stereocenters. The Bertz CT molecular complexity index is 393. The predicted octanol–water partition coefficient (Wildman–Crippen LogP) is 2.13. The molecular weight excluding hydrogens is 304 g/mol. The average molecular weight is 331 g/mol. The Balaban J connectivity index is 2.19. The lowest BCUT2D eigenvalue weighted by Gasteiger charge is -2.46. The van der Waals surface area contributed by atoms with Gasteiger partial charge < -0.3 is 10.2 Å². The Morgan fingerprint density at radius 3 is 2.48 bits per heavy atom. The van der Waals surface area contributed by atoms with E-state index >= 15 is 0 Å². The lowest BCUT2D eigenvalue weighted by molar-refractivity contribution is -0.155. The molecule has 0 spiro atoms. The second-order valence-corrected chi connectivity index (χ2v) is 8.29. The van der Waals surface area contributed by atoms with Crippen molar-refractivity contribution < 1.29 is 9.59 Å². The number of piperazine rings is 1. The van der Waals surface area contributed by atoms with Crippen molar-refractivity contribution in [3.8, 4) is 0 Å². The van der Waals surface area contributed by atoms with Crippen LogP contribution in [0.5, 0.6) is 0 Å². The first kappa shape index (κ1) is 17.0. The summed E-state index contributed by atoms with van der Waals surface area (Å²) in [6.45, 7) is 6.66. The van der Waals surface area contributed by atoms with Gasteiger partial charge in [0.15, 0.2) is 0 Å². The van der Waals surface area contributed by atoms with Gasteiger partial charge in [0.2, 0.25) is 11.8 Å². The fourth-order valence-electron chi connectivity index (χ4n) is 3.14. The van der Waals surface area contributed by atoms with Gasteiger partial charge in [0, 0.05) is 29.1 Å². The first-order valence-corrected chi connectivity index (χ1v) is 10.1. The van der Waals surface area contributed by atoms with E-state index in [0.717, 1.165) is 11.5 Å². The van der Waals surface area contributed by atoms with Crippen LogP contribution in [0.25, 0.3) is 0 Å². The quantitative estimate of drug-likeness (QED) is 0.839. The van der Waals surface area contributed by atoms with E-state index < -0.39 is 5.54 Å². The van der Waals surface area contributed by atoms with E-state index in [9.17, 15) is 9.59 Å². The van der Waals surface area contributed by atoms with Gasteiger partial charge in [0.25, 0.3) is 0 Å². The van der Waals surface area contributed by atoms with Gasteiger partial charge in [-0.15, -0.1) is 0 Å². The molecule has 120 valence electrons. The molecule has 6 heteroatoms. The van der Waals surface area contributed by atoms with Gasteiger partial charge in [-0.25, -0.2) is 0 Å². The zero-order valence-electron chi connectivity index (χ0n) is 13.2. The van der Waals surface area contributed by atoms with Gasteiger partial charge in [-0.05, 0) is 19.3 Å². The van der Waals surface area contributed by atoms with Crippen LogP contribution >= 0.6 is 23.5 Å². The molecule has 21 heavy (non-hydrogen) atoms. The smallest absolute Gasteiger partial charge is 0.249 e. The molecule has 2 aliphatic rings. The Labute approximate surface area is 136 Å². The zero-order valence-corrected chi connectivity index (χ0v) is 14.8. The Morgan fingerprint density at radius 1 is 1.24 bits per heavy atom. The maximum atomic E-state index is 13.0. The number of nitrogens with one attached hydrogen (secondary N) is 1. The van der Waals surface area contributed by atoms with E-state index in [2.05, 4.69) is 5.32 Å². The second kappa shape index (κ2) is 7.27. The standard InChI is InChI=1S/C15H26N2O2S2/c1-4-12-13(18)16-15(5-2,6-3)14(19)17(12)9-11-10-20-7-8-21-11/h11-12H,4-10H2,1-3H3,(H,16,18). The third kappa shape index (κ3) is 3.36. The number of thioether (sulfide) groups is 2. The Kier molecular flexibility index (Phi) is 5.88. The number of hydrogen-bond donors (Lipinski definition) is 1. The largest absolute Gasteiger partial charge is 0.340 e. The molecule has 2 atom stereocenters. The predicted molar refractivity (Wildman–Crippen MR) is 90.8 cm³/mol. The van der Waals surface area contributed by atoms with Gasteiger partial charge in [0.1, 0.15) is 11.6 Å². The molecule has 2 heterocycles. The topological polar surface area (TPSA) is 49.4 Å². The summed E-state index contributed by atoms with van der Waals surface area (Å²) in [4.78, 5) is 27.3. The van der Waals surface area contributed by atoms with Crippen molar-refractivity contribution in [2.24, 2.45) is 0 Å². The Hall–Kier alpha value is -0.360. The molecule has 2 aliphatic heterocycles. The minimum Gasteiger partial charge on any atom is -0.340 e. The number of hydrogen-bond acceptors (Lipinski definition) is 4. The maximum Gasteiger partial charge on any atom is 0.249 e. The fraction of sp³-hybridized carbons (Fsp3) is 0.867. The number of carbonyl (C=O) groups excluding carboxylic acids is 2. The van der Waals surface area contributed by atoms with Crippen LogP contribution in [0.2, 0.25) is 0 Å². The van der Waals surface area contributed by atoms with Crippen molar-refractivity contribution in [1.82, 2.24) is 10.2 Å². The molecule has 0 saturated carbocycles. The molecule has 0 aromatic rings. The summed E-state index contributed by atoms with van der Waals surface area (Å²) in [6.07, 6.45) is 2.01. The van der Waals surface area contributed by atoms with Gasteiger partial charge >= 0.3 is 0 Å². The lowest BCUT2D eigenvalue weighted by Crippen LogP contribution is -2.70. The van der Waals surface area contributed by atoms with Crippen molar-refractivity contribution in [3.05, 3.63) is 0 Å². The van der Waals surface area contributed by atoms with Crippen molar-refractivity contribution in [3.63, 3.8) is 0 Å². The minimum absolute atomic E-state index is 0.0225. The van der Waals surface area contributed by atoms with Crippen molar-refractivity contribution in [1.29, 1.82) is 0 Å². The highest BCUT2D eigenvalue weighted by Crippen LogP contribution is 2.30. The molecule has 2 saturated heterocycles. The number of rotatable bonds is 5. The van der Waals surface area contributed by atoms with E-state index in [-0.39, 0.29) is 17.9 Å². The normalized spacial score (nSPS) is 29.4. The molecule has 2 fully saturated rings. The molecule has 0 aromatic carbocycles. The highest BCUT2D eigenvalue weighted by Gasteiger charge is 2.48. The van der Waals surface area contributed by atoms with Gasteiger partial charge in [-0.3, -0.25) is 9.59 Å². The number of carbonyl (C=O) groups is 2. The van der Waals surface area contributed by atoms with E-state index in [1.165, 1.54) is 5.75 Å². The highest BCUT2D eigenvalue weighted by atomic mass is 32.2.